The van der Waals surface area contributed by atoms with E-state index < -0.39 is 11.9 Å². The molecule has 0 atom stereocenters. The number of aromatic nitrogens is 1. The molecule has 0 unspecified atom stereocenters. The third-order valence-corrected chi connectivity index (χ3v) is 3.56. The Balaban J connectivity index is 1.79. The number of hydrogen-bond donors (Lipinski definition) is 2. The number of nitrogens with zero attached hydrogens (tertiary/aromatic N) is 1. The quantitative estimate of drug-likeness (QED) is 0.849. The van der Waals surface area contributed by atoms with Gasteiger partial charge in [-0.2, -0.15) is 0 Å². The Morgan fingerprint density at radius 1 is 1.35 bits per heavy atom. The van der Waals surface area contributed by atoms with Gasteiger partial charge in [-0.05, 0) is 36.6 Å². The van der Waals surface area contributed by atoms with Gasteiger partial charge in [0.15, 0.2) is 0 Å². The summed E-state index contributed by atoms with van der Waals surface area (Å²) in [5.41, 5.74) is 1.88. The molecule has 1 amide bonds. The molecule has 1 aliphatic carbocycles. The monoisotopic (exact) mass is 316 g/mol. The molecule has 0 spiro atoms. The second-order valence-corrected chi connectivity index (χ2v) is 5.50. The van der Waals surface area contributed by atoms with Crippen molar-refractivity contribution >= 4 is 17.6 Å². The van der Waals surface area contributed by atoms with Crippen LogP contribution in [0.5, 0.6) is 0 Å². The number of benzene rings is 1. The van der Waals surface area contributed by atoms with E-state index >= 15 is 0 Å². The van der Waals surface area contributed by atoms with E-state index in [2.05, 4.69) is 10.5 Å². The number of carbonyl (C=O) groups excluding carboxylic acids is 1. The second-order valence-electron chi connectivity index (χ2n) is 5.50. The zero-order valence-corrected chi connectivity index (χ0v) is 12.5. The molecule has 0 saturated heterocycles. The third kappa shape index (κ3) is 3.57. The van der Waals surface area contributed by atoms with Crippen LogP contribution in [0.1, 0.15) is 50.9 Å². The lowest BCUT2D eigenvalue weighted by molar-refractivity contribution is 0.0696. The summed E-state index contributed by atoms with van der Waals surface area (Å²) >= 11 is 0. The van der Waals surface area contributed by atoms with E-state index in [0.717, 1.165) is 18.5 Å². The predicted octanol–water partition coefficient (Wildman–Crippen LogP) is 2.65. The van der Waals surface area contributed by atoms with Gasteiger partial charge in [0.05, 0.1) is 17.9 Å². The van der Waals surface area contributed by atoms with Gasteiger partial charge in [-0.15, -0.1) is 0 Å². The van der Waals surface area contributed by atoms with Gasteiger partial charge in [-0.1, -0.05) is 5.16 Å². The molecule has 1 saturated carbocycles. The number of aromatic carboxylic acids is 1. The lowest BCUT2D eigenvalue weighted by Crippen LogP contribution is -2.12. The topological polar surface area (TPSA) is 102 Å². The number of hydrogen-bond acceptors (Lipinski definition) is 5. The van der Waals surface area contributed by atoms with Gasteiger partial charge in [-0.25, -0.2) is 4.79 Å². The number of carboxylic acids is 1. The number of ether oxygens (including phenoxy) is 1. The smallest absolute Gasteiger partial charge is 0.335 e. The largest absolute Gasteiger partial charge is 0.478 e. The molecule has 120 valence electrons. The molecule has 0 aliphatic heterocycles. The first-order chi connectivity index (χ1) is 11.1. The Kier molecular flexibility index (Phi) is 4.12. The first-order valence-electron chi connectivity index (χ1n) is 7.21. The Morgan fingerprint density at radius 3 is 2.78 bits per heavy atom. The lowest BCUT2D eigenvalue weighted by Gasteiger charge is -2.08. The van der Waals surface area contributed by atoms with E-state index in [1.54, 1.807) is 12.1 Å². The van der Waals surface area contributed by atoms with Crippen LogP contribution in [-0.2, 0) is 11.3 Å². The van der Waals surface area contributed by atoms with Crippen LogP contribution in [0.4, 0.5) is 5.69 Å². The minimum absolute atomic E-state index is 0.0751. The summed E-state index contributed by atoms with van der Waals surface area (Å²) in [4.78, 5) is 23.4. The van der Waals surface area contributed by atoms with E-state index in [9.17, 15) is 9.59 Å². The summed E-state index contributed by atoms with van der Waals surface area (Å²) in [7, 11) is 1.51. The van der Waals surface area contributed by atoms with Gasteiger partial charge in [0, 0.05) is 24.8 Å². The molecule has 1 heterocycles. The van der Waals surface area contributed by atoms with E-state index in [0.29, 0.717) is 17.2 Å². The predicted molar refractivity (Wildman–Crippen MR) is 80.5 cm³/mol. The van der Waals surface area contributed by atoms with Crippen molar-refractivity contribution in [1.29, 1.82) is 0 Å². The van der Waals surface area contributed by atoms with Crippen molar-refractivity contribution in [2.45, 2.75) is 25.4 Å². The van der Waals surface area contributed by atoms with Crippen LogP contribution in [0.2, 0.25) is 0 Å². The van der Waals surface area contributed by atoms with Crippen molar-refractivity contribution in [3.63, 3.8) is 0 Å². The zero-order valence-electron chi connectivity index (χ0n) is 12.5. The van der Waals surface area contributed by atoms with E-state index in [-0.39, 0.29) is 17.9 Å². The van der Waals surface area contributed by atoms with Crippen LogP contribution >= 0.6 is 0 Å². The molecule has 7 nitrogen and oxygen atoms in total. The maximum absolute atomic E-state index is 12.2. The van der Waals surface area contributed by atoms with Crippen LogP contribution in [0, 0.1) is 0 Å². The molecule has 1 fully saturated rings. The Hall–Kier alpha value is -2.67. The molecule has 2 aromatic rings. The number of rotatable bonds is 6. The molecule has 7 heteroatoms. The van der Waals surface area contributed by atoms with Gasteiger partial charge in [0.1, 0.15) is 0 Å². The van der Waals surface area contributed by atoms with Gasteiger partial charge in [0.2, 0.25) is 5.76 Å². The highest BCUT2D eigenvalue weighted by atomic mass is 16.5. The maximum atomic E-state index is 12.2. The normalized spacial score (nSPS) is 13.8. The van der Waals surface area contributed by atoms with Crippen molar-refractivity contribution in [2.75, 3.05) is 12.4 Å². The summed E-state index contributed by atoms with van der Waals surface area (Å²) in [6.45, 7) is 0.248. The summed E-state index contributed by atoms with van der Waals surface area (Å²) in [6, 6.07) is 6.18. The van der Waals surface area contributed by atoms with Crippen LogP contribution in [0.15, 0.2) is 28.8 Å². The van der Waals surface area contributed by atoms with Crippen molar-refractivity contribution < 1.29 is 24.0 Å². The first-order valence-corrected chi connectivity index (χ1v) is 7.21. The van der Waals surface area contributed by atoms with Crippen molar-refractivity contribution in [2.24, 2.45) is 0 Å². The van der Waals surface area contributed by atoms with Crippen LogP contribution in [0.3, 0.4) is 0 Å². The molecule has 0 radical (unpaired) electrons. The fourth-order valence-electron chi connectivity index (χ4n) is 2.30. The fourth-order valence-corrected chi connectivity index (χ4v) is 2.30. The molecule has 1 aromatic heterocycles. The number of anilines is 1. The highest BCUT2D eigenvalue weighted by Gasteiger charge is 2.28. The van der Waals surface area contributed by atoms with Crippen molar-refractivity contribution in [3.05, 3.63) is 46.8 Å². The Bertz CT molecular complexity index is 749. The van der Waals surface area contributed by atoms with Gasteiger partial charge < -0.3 is 19.7 Å². The van der Waals surface area contributed by atoms with E-state index in [1.807, 2.05) is 0 Å². The molecule has 1 aromatic carbocycles. The van der Waals surface area contributed by atoms with Gasteiger partial charge in [-0.3, -0.25) is 4.79 Å². The molecule has 1 aliphatic rings. The average Bonchev–Trinajstić information content (AvgIpc) is 3.24. The maximum Gasteiger partial charge on any atom is 0.335 e. The number of methoxy groups -OCH3 is 1. The van der Waals surface area contributed by atoms with Crippen molar-refractivity contribution in [3.8, 4) is 0 Å². The van der Waals surface area contributed by atoms with E-state index in [4.69, 9.17) is 14.4 Å². The fraction of sp³-hybridized carbons (Fsp3) is 0.312. The van der Waals surface area contributed by atoms with Crippen LogP contribution in [-0.4, -0.2) is 29.2 Å². The molecule has 2 N–H and O–H groups in total. The first kappa shape index (κ1) is 15.2. The molecule has 23 heavy (non-hydrogen) atoms. The molecule has 3 rings (SSSR count). The second kappa shape index (κ2) is 6.21. The van der Waals surface area contributed by atoms with Crippen LogP contribution < -0.4 is 5.32 Å². The Morgan fingerprint density at radius 2 is 2.13 bits per heavy atom. The number of amides is 1. The average molecular weight is 316 g/mol. The highest BCUT2D eigenvalue weighted by Crippen LogP contribution is 2.39. The van der Waals surface area contributed by atoms with Crippen molar-refractivity contribution in [1.82, 2.24) is 5.16 Å². The van der Waals surface area contributed by atoms with Gasteiger partial charge >= 0.3 is 5.97 Å². The molecule has 0 bridgehead atoms. The number of nitrogens with one attached hydrogen (secondary N) is 1. The highest BCUT2D eigenvalue weighted by molar-refractivity contribution is 6.03. The number of carbonyl (C=O) groups is 2. The molecular weight excluding hydrogens is 300 g/mol. The summed E-state index contributed by atoms with van der Waals surface area (Å²) in [5.74, 6) is -1.03. The summed E-state index contributed by atoms with van der Waals surface area (Å²) < 4.78 is 10.1. The van der Waals surface area contributed by atoms with Crippen LogP contribution in [0.25, 0.3) is 0 Å². The van der Waals surface area contributed by atoms with E-state index in [1.165, 1.54) is 19.2 Å². The number of carboxylic acid groups (broad SMARTS) is 1. The molecular formula is C16H16N2O5. The SMILES string of the molecule is COCc1cc(NC(=O)c2cc(C3CC3)no2)cc(C(=O)O)c1. The third-order valence-electron chi connectivity index (χ3n) is 3.56. The Labute approximate surface area is 132 Å². The summed E-state index contributed by atoms with van der Waals surface area (Å²) in [5, 5.41) is 15.7. The summed E-state index contributed by atoms with van der Waals surface area (Å²) in [6.07, 6.45) is 2.13. The van der Waals surface area contributed by atoms with Gasteiger partial charge in [0.25, 0.3) is 5.91 Å². The zero-order chi connectivity index (χ0) is 16.4. The minimum Gasteiger partial charge on any atom is -0.478 e. The standard InChI is InChI=1S/C16H16N2O5/c1-22-8-9-4-11(16(20)21)6-12(5-9)17-15(19)14-7-13(18-23-14)10-2-3-10/h4-7,10H,2-3,8H2,1H3,(H,17,19)(H,20,21). The minimum atomic E-state index is -1.07. The lowest BCUT2D eigenvalue weighted by atomic mass is 10.1.